The van der Waals surface area contributed by atoms with Crippen LogP contribution in [0.1, 0.15) is 12.0 Å². The Morgan fingerprint density at radius 3 is 3.00 bits per heavy atom. The minimum absolute atomic E-state index is 0.549. The van der Waals surface area contributed by atoms with Crippen molar-refractivity contribution in [3.63, 3.8) is 0 Å². The molecular formula is C12H15ClN2. The predicted molar refractivity (Wildman–Crippen MR) is 63.9 cm³/mol. The zero-order chi connectivity index (χ0) is 10.7. The molecule has 1 saturated heterocycles. The summed E-state index contributed by atoms with van der Waals surface area (Å²) in [4.78, 5) is 6.40. The smallest absolute Gasteiger partial charge is 0.129 e. The molecule has 1 atom stereocenters. The molecule has 3 heteroatoms. The molecule has 0 unspecified atom stereocenters. The highest BCUT2D eigenvalue weighted by Gasteiger charge is 2.15. The first-order chi connectivity index (χ1) is 7.24. The topological polar surface area (TPSA) is 16.1 Å². The molecule has 0 saturated carbocycles. The average Bonchev–Trinajstić information content (AvgIpc) is 2.64. The second-order valence-corrected chi connectivity index (χ2v) is 4.47. The van der Waals surface area contributed by atoms with Crippen molar-refractivity contribution in [3.05, 3.63) is 35.1 Å². The van der Waals surface area contributed by atoms with Gasteiger partial charge in [-0.2, -0.15) is 0 Å². The minimum atomic E-state index is 0.549. The lowest BCUT2D eigenvalue weighted by molar-refractivity contribution is 0.408. The fourth-order valence-corrected chi connectivity index (χ4v) is 1.97. The van der Waals surface area contributed by atoms with Crippen LogP contribution in [0.2, 0.25) is 5.15 Å². The molecule has 2 rings (SSSR count). The highest BCUT2D eigenvalue weighted by atomic mass is 35.5. The quantitative estimate of drug-likeness (QED) is 0.716. The molecule has 0 radical (unpaired) electrons. The van der Waals surface area contributed by atoms with E-state index in [1.807, 2.05) is 12.1 Å². The van der Waals surface area contributed by atoms with Crippen molar-refractivity contribution in [2.24, 2.45) is 5.92 Å². The van der Waals surface area contributed by atoms with E-state index in [0.29, 0.717) is 11.1 Å². The molecule has 1 aliphatic heterocycles. The first kappa shape index (κ1) is 10.7. The highest BCUT2D eigenvalue weighted by Crippen LogP contribution is 2.17. The van der Waals surface area contributed by atoms with Crippen LogP contribution in [0, 0.1) is 5.92 Å². The normalized spacial score (nSPS) is 22.7. The zero-order valence-corrected chi connectivity index (χ0v) is 9.61. The summed E-state index contributed by atoms with van der Waals surface area (Å²) in [6, 6.07) is 3.81. The molecule has 0 aromatic carbocycles. The average molecular weight is 223 g/mol. The number of halogens is 1. The Morgan fingerprint density at radius 2 is 2.40 bits per heavy atom. The van der Waals surface area contributed by atoms with E-state index in [0.717, 1.165) is 12.1 Å². The van der Waals surface area contributed by atoms with E-state index in [1.165, 1.54) is 13.0 Å². The van der Waals surface area contributed by atoms with Crippen LogP contribution >= 0.6 is 11.6 Å². The maximum absolute atomic E-state index is 5.72. The molecule has 0 aliphatic carbocycles. The maximum atomic E-state index is 5.72. The minimum Gasteiger partial charge on any atom is -0.306 e. The van der Waals surface area contributed by atoms with Gasteiger partial charge in [-0.15, -0.1) is 0 Å². The van der Waals surface area contributed by atoms with E-state index < -0.39 is 0 Å². The van der Waals surface area contributed by atoms with Crippen LogP contribution < -0.4 is 0 Å². The van der Waals surface area contributed by atoms with Crippen LogP contribution in [-0.2, 0) is 0 Å². The van der Waals surface area contributed by atoms with Gasteiger partial charge in [0, 0.05) is 12.7 Å². The van der Waals surface area contributed by atoms with Crippen molar-refractivity contribution in [2.45, 2.75) is 6.42 Å². The van der Waals surface area contributed by atoms with Crippen molar-refractivity contribution >= 4 is 17.7 Å². The Bertz CT molecular complexity index is 345. The van der Waals surface area contributed by atoms with Gasteiger partial charge in [0.2, 0.25) is 0 Å². The molecule has 2 heterocycles. The first-order valence-corrected chi connectivity index (χ1v) is 5.60. The molecule has 0 amide bonds. The second kappa shape index (κ2) is 4.77. The number of hydrogen-bond donors (Lipinski definition) is 0. The Morgan fingerprint density at radius 1 is 1.53 bits per heavy atom. The summed E-state index contributed by atoms with van der Waals surface area (Å²) in [6.45, 7) is 2.37. The lowest BCUT2D eigenvalue weighted by atomic mass is 10.1. The molecule has 0 bridgehead atoms. The molecule has 0 N–H and O–H groups in total. The van der Waals surface area contributed by atoms with Gasteiger partial charge in [0.05, 0.1) is 0 Å². The van der Waals surface area contributed by atoms with Crippen LogP contribution in [0.25, 0.3) is 6.08 Å². The summed E-state index contributed by atoms with van der Waals surface area (Å²) in [5.41, 5.74) is 1.12. The van der Waals surface area contributed by atoms with Gasteiger partial charge in [-0.05, 0) is 37.6 Å². The zero-order valence-electron chi connectivity index (χ0n) is 8.86. The third-order valence-corrected chi connectivity index (χ3v) is 2.96. The number of nitrogens with zero attached hydrogens (tertiary/aromatic N) is 2. The molecule has 80 valence electrons. The van der Waals surface area contributed by atoms with Gasteiger partial charge in [-0.3, -0.25) is 0 Å². The molecule has 0 spiro atoms. The molecule has 1 fully saturated rings. The van der Waals surface area contributed by atoms with Gasteiger partial charge < -0.3 is 4.90 Å². The van der Waals surface area contributed by atoms with Gasteiger partial charge >= 0.3 is 0 Å². The van der Waals surface area contributed by atoms with Gasteiger partial charge in [-0.25, -0.2) is 4.98 Å². The summed E-state index contributed by atoms with van der Waals surface area (Å²) in [7, 11) is 2.16. The van der Waals surface area contributed by atoms with Gasteiger partial charge in [0.15, 0.2) is 0 Å². The monoisotopic (exact) mass is 222 g/mol. The maximum Gasteiger partial charge on any atom is 0.129 e. The summed E-state index contributed by atoms with van der Waals surface area (Å²) in [5, 5.41) is 0.549. The van der Waals surface area contributed by atoms with E-state index in [2.05, 4.69) is 29.1 Å². The number of rotatable bonds is 2. The molecule has 15 heavy (non-hydrogen) atoms. The molecule has 1 aliphatic rings. The van der Waals surface area contributed by atoms with E-state index in [9.17, 15) is 0 Å². The molecule has 2 nitrogen and oxygen atoms in total. The van der Waals surface area contributed by atoms with Crippen LogP contribution in [0.15, 0.2) is 24.4 Å². The Balaban J connectivity index is 1.96. The Labute approximate surface area is 95.6 Å². The Hall–Kier alpha value is -0.860. The van der Waals surface area contributed by atoms with Gasteiger partial charge in [-0.1, -0.05) is 29.8 Å². The molecule has 1 aromatic heterocycles. The van der Waals surface area contributed by atoms with Crippen molar-refractivity contribution in [2.75, 3.05) is 20.1 Å². The fraction of sp³-hybridized carbons (Fsp3) is 0.417. The fourth-order valence-electron chi connectivity index (χ4n) is 1.86. The van der Waals surface area contributed by atoms with Crippen molar-refractivity contribution in [1.29, 1.82) is 0 Å². The van der Waals surface area contributed by atoms with Gasteiger partial charge in [0.25, 0.3) is 0 Å². The van der Waals surface area contributed by atoms with Crippen molar-refractivity contribution in [3.8, 4) is 0 Å². The van der Waals surface area contributed by atoms with Crippen LogP contribution in [0.4, 0.5) is 0 Å². The van der Waals surface area contributed by atoms with Crippen LogP contribution in [0.5, 0.6) is 0 Å². The number of pyridine rings is 1. The summed E-state index contributed by atoms with van der Waals surface area (Å²) in [6.07, 6.45) is 7.47. The van der Waals surface area contributed by atoms with E-state index in [1.54, 1.807) is 6.20 Å². The first-order valence-electron chi connectivity index (χ1n) is 5.22. The van der Waals surface area contributed by atoms with Crippen LogP contribution in [-0.4, -0.2) is 30.0 Å². The Kier molecular flexibility index (Phi) is 3.39. The predicted octanol–water partition coefficient (Wildman–Crippen LogP) is 2.70. The van der Waals surface area contributed by atoms with E-state index in [4.69, 9.17) is 11.6 Å². The summed E-state index contributed by atoms with van der Waals surface area (Å²) >= 11 is 5.72. The largest absolute Gasteiger partial charge is 0.306 e. The third kappa shape index (κ3) is 3.05. The SMILES string of the molecule is CN1CC[C@@H](C=Cc2ccc(Cl)nc2)C1. The molecular weight excluding hydrogens is 208 g/mol. The highest BCUT2D eigenvalue weighted by molar-refractivity contribution is 6.29. The van der Waals surface area contributed by atoms with Crippen molar-refractivity contribution < 1.29 is 0 Å². The van der Waals surface area contributed by atoms with E-state index in [-0.39, 0.29) is 0 Å². The number of hydrogen-bond acceptors (Lipinski definition) is 2. The van der Waals surface area contributed by atoms with E-state index >= 15 is 0 Å². The third-order valence-electron chi connectivity index (χ3n) is 2.74. The lowest BCUT2D eigenvalue weighted by Gasteiger charge is -2.05. The lowest BCUT2D eigenvalue weighted by Crippen LogP contribution is -2.13. The standard InChI is InChI=1S/C12H15ClN2/c1-15-7-6-11(9-15)3-2-10-4-5-12(13)14-8-10/h2-5,8,11H,6-7,9H2,1H3/t11-/m1/s1. The van der Waals surface area contributed by atoms with Crippen LogP contribution in [0.3, 0.4) is 0 Å². The second-order valence-electron chi connectivity index (χ2n) is 4.08. The molecule has 1 aromatic rings. The number of aromatic nitrogens is 1. The summed E-state index contributed by atoms with van der Waals surface area (Å²) in [5.74, 6) is 0.686. The van der Waals surface area contributed by atoms with Crippen molar-refractivity contribution in [1.82, 2.24) is 9.88 Å². The number of likely N-dealkylation sites (tertiary alicyclic amines) is 1. The summed E-state index contributed by atoms with van der Waals surface area (Å²) < 4.78 is 0. The van der Waals surface area contributed by atoms with Gasteiger partial charge in [0.1, 0.15) is 5.15 Å².